The third kappa shape index (κ3) is 6.63. The maximum absolute atomic E-state index is 13.3. The zero-order chi connectivity index (χ0) is 26.2. The van der Waals surface area contributed by atoms with Crippen molar-refractivity contribution in [1.29, 1.82) is 0 Å². The van der Waals surface area contributed by atoms with E-state index in [0.29, 0.717) is 22.9 Å². The van der Waals surface area contributed by atoms with Gasteiger partial charge in [0, 0.05) is 11.9 Å². The van der Waals surface area contributed by atoms with Crippen molar-refractivity contribution in [3.8, 4) is 17.2 Å². The second-order valence-electron chi connectivity index (χ2n) is 8.93. The van der Waals surface area contributed by atoms with Gasteiger partial charge < -0.3 is 20.1 Å². The van der Waals surface area contributed by atoms with Crippen molar-refractivity contribution in [1.82, 2.24) is 16.0 Å². The predicted molar refractivity (Wildman–Crippen MR) is 139 cm³/mol. The number of amides is 3. The molecule has 2 fully saturated rings. The summed E-state index contributed by atoms with van der Waals surface area (Å²) in [6.07, 6.45) is 4.49. The Hall–Kier alpha value is -2.50. The van der Waals surface area contributed by atoms with E-state index in [2.05, 4.69) is 16.0 Å². The minimum Gasteiger partial charge on any atom is -0.497 e. The summed E-state index contributed by atoms with van der Waals surface area (Å²) >= 11 is 8.05. The molecule has 1 saturated heterocycles. The summed E-state index contributed by atoms with van der Waals surface area (Å²) in [6, 6.07) is 12.3. The zero-order valence-corrected chi connectivity index (χ0v) is 21.9. The number of urea groups is 1. The lowest BCUT2D eigenvalue weighted by Gasteiger charge is -2.36. The molecule has 1 unspecified atom stereocenters. The summed E-state index contributed by atoms with van der Waals surface area (Å²) in [4.78, 5) is 26.1. The molecule has 0 aromatic heterocycles. The first-order valence-electron chi connectivity index (χ1n) is 11.6. The number of rotatable bonds is 6. The molecule has 2 aromatic carbocycles. The van der Waals surface area contributed by atoms with Crippen LogP contribution in [0, 0.1) is 5.41 Å². The highest BCUT2D eigenvalue weighted by molar-refractivity contribution is 8.01. The molecule has 2 aliphatic rings. The van der Waals surface area contributed by atoms with Crippen molar-refractivity contribution >= 4 is 35.3 Å². The van der Waals surface area contributed by atoms with Gasteiger partial charge in [-0.2, -0.15) is 0 Å². The first-order chi connectivity index (χ1) is 17.4. The van der Waals surface area contributed by atoms with Crippen molar-refractivity contribution in [3.05, 3.63) is 47.5 Å². The summed E-state index contributed by atoms with van der Waals surface area (Å²) in [5.41, 5.74) is 0.124. The van der Waals surface area contributed by atoms with Crippen LogP contribution < -0.4 is 25.4 Å². The lowest BCUT2D eigenvalue weighted by Crippen LogP contribution is -2.49. The Kier molecular flexibility index (Phi) is 9.86. The Morgan fingerprint density at radius 3 is 2.31 bits per heavy atom. The molecule has 36 heavy (non-hydrogen) atoms. The summed E-state index contributed by atoms with van der Waals surface area (Å²) < 4.78 is 10.4. The second-order valence-corrected chi connectivity index (χ2v) is 10.8. The van der Waals surface area contributed by atoms with Gasteiger partial charge in [-0.25, -0.2) is 4.79 Å². The normalized spacial score (nSPS) is 20.1. The largest absolute Gasteiger partial charge is 0.497 e. The number of hydrogen-bond donors (Lipinski definition) is 5. The molecule has 3 amide bonds. The molecular formula is C25H32ClN3O6S. The molecule has 11 heteroatoms. The summed E-state index contributed by atoms with van der Waals surface area (Å²) in [5.74, 6) is 1.67. The third-order valence-electron chi connectivity index (χ3n) is 6.76. The van der Waals surface area contributed by atoms with Crippen LogP contribution in [0.5, 0.6) is 17.2 Å². The topological polar surface area (TPSA) is 129 Å². The Labute approximate surface area is 219 Å². The Morgan fingerprint density at radius 1 is 1.03 bits per heavy atom. The van der Waals surface area contributed by atoms with Gasteiger partial charge in [0.15, 0.2) is 0 Å². The molecule has 2 aromatic rings. The van der Waals surface area contributed by atoms with Crippen molar-refractivity contribution in [2.24, 2.45) is 5.41 Å². The summed E-state index contributed by atoms with van der Waals surface area (Å²) in [7, 11) is 3.12. The maximum atomic E-state index is 13.3. The summed E-state index contributed by atoms with van der Waals surface area (Å²) in [6.45, 7) is 1.92. The van der Waals surface area contributed by atoms with E-state index in [0.717, 1.165) is 49.4 Å². The van der Waals surface area contributed by atoms with E-state index < -0.39 is 10.8 Å². The molecule has 5 N–H and O–H groups in total. The Bertz CT molecular complexity index is 1050. The van der Waals surface area contributed by atoms with Gasteiger partial charge in [-0.3, -0.25) is 20.6 Å². The molecule has 1 saturated carbocycles. The fourth-order valence-electron chi connectivity index (χ4n) is 4.86. The number of ether oxygens (including phenoxy) is 2. The van der Waals surface area contributed by atoms with E-state index in [4.69, 9.17) is 31.6 Å². The molecule has 9 nitrogen and oxygen atoms in total. The molecule has 4 rings (SSSR count). The molecule has 196 valence electrons. The van der Waals surface area contributed by atoms with Crippen molar-refractivity contribution in [2.75, 3.05) is 27.2 Å². The monoisotopic (exact) mass is 537 g/mol. The van der Waals surface area contributed by atoms with Crippen molar-refractivity contribution in [2.45, 2.75) is 41.7 Å². The standard InChI is InChI=1S/C25H30ClN3O4S.H2O2/c1-27-23(31)29-22(30)25(10-9-24(16-25)11-13-28-14-12-24)34-19-7-8-21(20(26)15-19)33-18-5-3-17(32-2)4-6-18;1-2/h3-8,15,28H,9-14,16H2,1-2H3,(H2,27,29,30,31);1-2H. The van der Waals surface area contributed by atoms with E-state index in [1.165, 1.54) is 18.8 Å². The van der Waals surface area contributed by atoms with Crippen LogP contribution in [0.2, 0.25) is 5.02 Å². The molecule has 1 atom stereocenters. The number of imide groups is 1. The molecule has 0 bridgehead atoms. The average Bonchev–Trinajstić information content (AvgIpc) is 3.25. The van der Waals surface area contributed by atoms with Gasteiger partial charge in [0.1, 0.15) is 22.0 Å². The number of carbonyl (C=O) groups is 2. The van der Waals surface area contributed by atoms with Crippen LogP contribution in [0.15, 0.2) is 47.4 Å². The van der Waals surface area contributed by atoms with Gasteiger partial charge in [0.25, 0.3) is 0 Å². The molecule has 1 aliphatic heterocycles. The molecule has 1 heterocycles. The Balaban J connectivity index is 0.00000176. The molecule has 1 spiro atoms. The molecule has 1 aliphatic carbocycles. The van der Waals surface area contributed by atoms with E-state index in [1.54, 1.807) is 7.11 Å². The van der Waals surface area contributed by atoms with Crippen LogP contribution in [0.4, 0.5) is 4.79 Å². The first kappa shape index (κ1) is 28.1. The van der Waals surface area contributed by atoms with E-state index in [-0.39, 0.29) is 11.3 Å². The average molecular weight is 538 g/mol. The first-order valence-corrected chi connectivity index (χ1v) is 12.8. The van der Waals surface area contributed by atoms with Crippen LogP contribution in [0.25, 0.3) is 0 Å². The summed E-state index contributed by atoms with van der Waals surface area (Å²) in [5, 5.41) is 20.9. The van der Waals surface area contributed by atoms with Crippen LogP contribution in [0.1, 0.15) is 32.1 Å². The second kappa shape index (κ2) is 12.6. The number of thioether (sulfide) groups is 1. The van der Waals surface area contributed by atoms with Gasteiger partial charge in [-0.15, -0.1) is 11.8 Å². The van der Waals surface area contributed by atoms with E-state index in [9.17, 15) is 9.59 Å². The van der Waals surface area contributed by atoms with Crippen molar-refractivity contribution in [3.63, 3.8) is 0 Å². The quantitative estimate of drug-likeness (QED) is 0.257. The number of halogens is 1. The van der Waals surface area contributed by atoms with E-state index >= 15 is 0 Å². The smallest absolute Gasteiger partial charge is 0.321 e. The number of piperidine rings is 1. The van der Waals surface area contributed by atoms with Gasteiger partial charge in [0.05, 0.1) is 12.1 Å². The molecule has 0 radical (unpaired) electrons. The van der Waals surface area contributed by atoms with Gasteiger partial charge in [0.2, 0.25) is 5.91 Å². The van der Waals surface area contributed by atoms with Gasteiger partial charge in [-0.05, 0) is 93.1 Å². The molecular weight excluding hydrogens is 506 g/mol. The number of carbonyl (C=O) groups excluding carboxylic acids is 2. The zero-order valence-electron chi connectivity index (χ0n) is 20.3. The van der Waals surface area contributed by atoms with Crippen LogP contribution in [0.3, 0.4) is 0 Å². The SMILES string of the molecule is CNC(=O)NC(=O)C1(Sc2ccc(Oc3ccc(OC)cc3)c(Cl)c2)CCC2(CCNCC2)C1.OO. The number of methoxy groups -OCH3 is 1. The van der Waals surface area contributed by atoms with Crippen LogP contribution >= 0.6 is 23.4 Å². The fourth-order valence-corrected chi connectivity index (χ4v) is 6.64. The fraction of sp³-hybridized carbons (Fsp3) is 0.440. The third-order valence-corrected chi connectivity index (χ3v) is 8.47. The van der Waals surface area contributed by atoms with Gasteiger partial charge in [-0.1, -0.05) is 11.6 Å². The number of nitrogens with one attached hydrogen (secondary N) is 3. The highest BCUT2D eigenvalue weighted by Crippen LogP contribution is 2.57. The van der Waals surface area contributed by atoms with E-state index in [1.807, 2.05) is 42.5 Å². The number of benzene rings is 2. The predicted octanol–water partition coefficient (Wildman–Crippen LogP) is 5.00. The van der Waals surface area contributed by atoms with Gasteiger partial charge >= 0.3 is 6.03 Å². The lowest BCUT2D eigenvalue weighted by molar-refractivity contribution is -0.176. The minimum absolute atomic E-state index is 0.124. The Morgan fingerprint density at radius 2 is 1.69 bits per heavy atom. The lowest BCUT2D eigenvalue weighted by atomic mass is 9.77. The minimum atomic E-state index is -0.731. The maximum Gasteiger partial charge on any atom is 0.321 e. The van der Waals surface area contributed by atoms with Crippen LogP contribution in [-0.2, 0) is 4.79 Å². The van der Waals surface area contributed by atoms with Crippen molar-refractivity contribution < 1.29 is 29.6 Å². The highest BCUT2D eigenvalue weighted by atomic mass is 35.5. The van der Waals surface area contributed by atoms with Crippen LogP contribution in [-0.4, -0.2) is 54.4 Å². The highest BCUT2D eigenvalue weighted by Gasteiger charge is 2.53. The number of hydrogen-bond acceptors (Lipinski definition) is 8.